The van der Waals surface area contributed by atoms with Gasteiger partial charge in [0.05, 0.1) is 5.71 Å². The highest BCUT2D eigenvalue weighted by Gasteiger charge is 2.08. The van der Waals surface area contributed by atoms with Crippen molar-refractivity contribution in [3.63, 3.8) is 0 Å². The second kappa shape index (κ2) is 8.63. The average molecular weight is 373 g/mol. The van der Waals surface area contributed by atoms with Crippen LogP contribution >= 0.6 is 15.9 Å². The van der Waals surface area contributed by atoms with Gasteiger partial charge in [-0.05, 0) is 43.0 Å². The fraction of sp³-hybridized carbons (Fsp3) is 0.263. The molecule has 0 aliphatic carbocycles. The highest BCUT2D eigenvalue weighted by Crippen LogP contribution is 2.17. The van der Waals surface area contributed by atoms with E-state index in [1.807, 2.05) is 49.4 Å². The summed E-state index contributed by atoms with van der Waals surface area (Å²) in [6, 6.07) is 15.5. The van der Waals surface area contributed by atoms with E-state index in [0.29, 0.717) is 5.56 Å². The van der Waals surface area contributed by atoms with E-state index in [4.69, 9.17) is 0 Å². The van der Waals surface area contributed by atoms with Crippen LogP contribution in [-0.2, 0) is 0 Å². The number of aryl methyl sites for hydroxylation is 1. The molecule has 0 spiro atoms. The number of unbranched alkanes of at least 4 members (excludes halogenated alkanes) is 1. The van der Waals surface area contributed by atoms with Gasteiger partial charge in [-0.2, -0.15) is 5.10 Å². The van der Waals surface area contributed by atoms with Gasteiger partial charge in [-0.3, -0.25) is 4.79 Å². The van der Waals surface area contributed by atoms with Crippen LogP contribution in [0.5, 0.6) is 0 Å². The second-order valence-electron chi connectivity index (χ2n) is 5.43. The molecule has 0 aliphatic rings. The lowest BCUT2D eigenvalue weighted by molar-refractivity contribution is 0.0954. The van der Waals surface area contributed by atoms with Gasteiger partial charge in [0.1, 0.15) is 0 Å². The number of hydrogen-bond acceptors (Lipinski definition) is 2. The van der Waals surface area contributed by atoms with Crippen LogP contribution in [0.4, 0.5) is 0 Å². The Balaban J connectivity index is 2.15. The van der Waals surface area contributed by atoms with Crippen molar-refractivity contribution in [1.29, 1.82) is 0 Å². The largest absolute Gasteiger partial charge is 0.271 e. The average Bonchev–Trinajstić information content (AvgIpc) is 2.58. The number of benzene rings is 2. The Hall–Kier alpha value is -1.94. The number of carbonyl (C=O) groups is 1. The van der Waals surface area contributed by atoms with Crippen LogP contribution < -0.4 is 5.43 Å². The standard InChI is InChI=1S/C19H21BrN2O/c1-3-4-10-18(15-8-6-5-7-9-15)21-22-19(23)16-12-11-14(2)17(20)13-16/h5-9,11-13H,3-4,10H2,1-2H3,(H,22,23)/b21-18+. The molecule has 4 heteroatoms. The number of hydrogen-bond donors (Lipinski definition) is 1. The molecule has 0 heterocycles. The number of rotatable bonds is 6. The second-order valence-corrected chi connectivity index (χ2v) is 6.29. The summed E-state index contributed by atoms with van der Waals surface area (Å²) in [7, 11) is 0. The number of amides is 1. The number of halogens is 1. The van der Waals surface area contributed by atoms with Crippen molar-refractivity contribution in [2.75, 3.05) is 0 Å². The molecule has 0 saturated heterocycles. The Labute approximate surface area is 145 Å². The van der Waals surface area contributed by atoms with Crippen molar-refractivity contribution in [3.8, 4) is 0 Å². The first-order chi connectivity index (χ1) is 11.1. The fourth-order valence-electron chi connectivity index (χ4n) is 2.16. The molecule has 2 aromatic carbocycles. The molecular formula is C19H21BrN2O. The number of nitrogens with one attached hydrogen (secondary N) is 1. The third kappa shape index (κ3) is 5.03. The topological polar surface area (TPSA) is 41.5 Å². The predicted molar refractivity (Wildman–Crippen MR) is 98.8 cm³/mol. The van der Waals surface area contributed by atoms with Crippen molar-refractivity contribution in [2.45, 2.75) is 33.1 Å². The number of nitrogens with zero attached hydrogens (tertiary/aromatic N) is 1. The molecule has 2 rings (SSSR count). The van der Waals surface area contributed by atoms with Crippen LogP contribution in [0.15, 0.2) is 58.1 Å². The maximum atomic E-state index is 12.3. The van der Waals surface area contributed by atoms with Gasteiger partial charge in [0.2, 0.25) is 0 Å². The molecule has 3 nitrogen and oxygen atoms in total. The summed E-state index contributed by atoms with van der Waals surface area (Å²) in [6.45, 7) is 4.13. The Bertz CT molecular complexity index is 696. The summed E-state index contributed by atoms with van der Waals surface area (Å²) in [5.41, 5.74) is 6.33. The molecule has 0 aromatic heterocycles. The van der Waals surface area contributed by atoms with Crippen molar-refractivity contribution in [2.24, 2.45) is 5.10 Å². The Morgan fingerprint density at radius 3 is 2.52 bits per heavy atom. The van der Waals surface area contributed by atoms with E-state index in [1.54, 1.807) is 6.07 Å². The fourth-order valence-corrected chi connectivity index (χ4v) is 2.54. The Morgan fingerprint density at radius 2 is 1.87 bits per heavy atom. The summed E-state index contributed by atoms with van der Waals surface area (Å²) in [4.78, 5) is 12.3. The SMILES string of the molecule is CCCC/C(=N\NC(=O)c1ccc(C)c(Br)c1)c1ccccc1. The van der Waals surface area contributed by atoms with Gasteiger partial charge < -0.3 is 0 Å². The van der Waals surface area contributed by atoms with Crippen LogP contribution in [-0.4, -0.2) is 11.6 Å². The van der Waals surface area contributed by atoms with E-state index in [1.165, 1.54) is 0 Å². The van der Waals surface area contributed by atoms with Gasteiger partial charge in [-0.25, -0.2) is 5.43 Å². The monoisotopic (exact) mass is 372 g/mol. The summed E-state index contributed by atoms with van der Waals surface area (Å²) in [6.07, 6.45) is 2.97. The molecular weight excluding hydrogens is 352 g/mol. The molecule has 0 fully saturated rings. The minimum absolute atomic E-state index is 0.198. The summed E-state index contributed by atoms with van der Waals surface area (Å²) < 4.78 is 0.920. The zero-order valence-electron chi connectivity index (χ0n) is 13.5. The molecule has 1 amide bonds. The quantitative estimate of drug-likeness (QED) is 0.557. The first-order valence-electron chi connectivity index (χ1n) is 7.80. The van der Waals surface area contributed by atoms with E-state index >= 15 is 0 Å². The van der Waals surface area contributed by atoms with Crippen molar-refractivity contribution >= 4 is 27.5 Å². The lowest BCUT2D eigenvalue weighted by Crippen LogP contribution is -2.20. The number of hydrazone groups is 1. The molecule has 0 unspecified atom stereocenters. The number of carbonyl (C=O) groups excluding carboxylic acids is 1. The van der Waals surface area contributed by atoms with E-state index in [-0.39, 0.29) is 5.91 Å². The maximum absolute atomic E-state index is 12.3. The van der Waals surface area contributed by atoms with Gasteiger partial charge in [0.15, 0.2) is 0 Å². The van der Waals surface area contributed by atoms with Crippen LogP contribution in [0.2, 0.25) is 0 Å². The van der Waals surface area contributed by atoms with Crippen LogP contribution in [0.1, 0.15) is 47.7 Å². The molecule has 120 valence electrons. The van der Waals surface area contributed by atoms with Crippen LogP contribution in [0, 0.1) is 6.92 Å². The first kappa shape index (κ1) is 17.4. The lowest BCUT2D eigenvalue weighted by atomic mass is 10.1. The van der Waals surface area contributed by atoms with Gasteiger partial charge in [-0.1, -0.05) is 65.7 Å². The maximum Gasteiger partial charge on any atom is 0.271 e. The molecule has 0 saturated carbocycles. The molecule has 0 bridgehead atoms. The molecule has 1 N–H and O–H groups in total. The van der Waals surface area contributed by atoms with Crippen molar-refractivity contribution < 1.29 is 4.79 Å². The van der Waals surface area contributed by atoms with E-state index < -0.39 is 0 Å². The van der Waals surface area contributed by atoms with Crippen LogP contribution in [0.3, 0.4) is 0 Å². The molecule has 2 aromatic rings. The zero-order valence-corrected chi connectivity index (χ0v) is 15.1. The van der Waals surface area contributed by atoms with Gasteiger partial charge in [0.25, 0.3) is 5.91 Å². The Kier molecular flexibility index (Phi) is 6.53. The highest BCUT2D eigenvalue weighted by atomic mass is 79.9. The summed E-state index contributed by atoms with van der Waals surface area (Å²) in [5, 5.41) is 4.36. The summed E-state index contributed by atoms with van der Waals surface area (Å²) >= 11 is 3.45. The van der Waals surface area contributed by atoms with Gasteiger partial charge >= 0.3 is 0 Å². The van der Waals surface area contributed by atoms with Crippen molar-refractivity contribution in [1.82, 2.24) is 5.43 Å². The minimum Gasteiger partial charge on any atom is -0.267 e. The van der Waals surface area contributed by atoms with E-state index in [2.05, 4.69) is 33.4 Å². The predicted octanol–water partition coefficient (Wildman–Crippen LogP) is 5.08. The third-order valence-corrected chi connectivity index (χ3v) is 4.45. The van der Waals surface area contributed by atoms with Crippen molar-refractivity contribution in [3.05, 3.63) is 69.7 Å². The summed E-state index contributed by atoms with van der Waals surface area (Å²) in [5.74, 6) is -0.198. The third-order valence-electron chi connectivity index (χ3n) is 3.60. The molecule has 0 radical (unpaired) electrons. The molecule has 0 aliphatic heterocycles. The normalized spacial score (nSPS) is 11.3. The van der Waals surface area contributed by atoms with Gasteiger partial charge in [-0.15, -0.1) is 0 Å². The highest BCUT2D eigenvalue weighted by molar-refractivity contribution is 9.10. The molecule has 0 atom stereocenters. The van der Waals surface area contributed by atoms with Crippen LogP contribution in [0.25, 0.3) is 0 Å². The minimum atomic E-state index is -0.198. The van der Waals surface area contributed by atoms with E-state index in [0.717, 1.165) is 40.6 Å². The smallest absolute Gasteiger partial charge is 0.267 e. The zero-order chi connectivity index (χ0) is 16.7. The van der Waals surface area contributed by atoms with Gasteiger partial charge in [0, 0.05) is 10.0 Å². The van der Waals surface area contributed by atoms with E-state index in [9.17, 15) is 4.79 Å². The Morgan fingerprint density at radius 1 is 1.13 bits per heavy atom. The molecule has 23 heavy (non-hydrogen) atoms. The first-order valence-corrected chi connectivity index (χ1v) is 8.59. The lowest BCUT2D eigenvalue weighted by Gasteiger charge is -2.08.